The second-order valence-electron chi connectivity index (χ2n) is 6.29. The minimum Gasteiger partial charge on any atom is -0.477 e. The molecule has 0 spiro atoms. The molecule has 1 fully saturated rings. The van der Waals surface area contributed by atoms with Crippen molar-refractivity contribution in [2.24, 2.45) is 0 Å². The Labute approximate surface area is 177 Å². The third kappa shape index (κ3) is 5.52. The van der Waals surface area contributed by atoms with Gasteiger partial charge in [-0.25, -0.2) is 0 Å². The van der Waals surface area contributed by atoms with Crippen LogP contribution in [0.2, 0.25) is 0 Å². The van der Waals surface area contributed by atoms with E-state index in [1.807, 2.05) is 41.3 Å². The van der Waals surface area contributed by atoms with Gasteiger partial charge in [0.1, 0.15) is 0 Å². The lowest BCUT2D eigenvalue weighted by Gasteiger charge is -2.35. The fourth-order valence-corrected chi connectivity index (χ4v) is 3.80. The van der Waals surface area contributed by atoms with Gasteiger partial charge in [0.2, 0.25) is 5.88 Å². The summed E-state index contributed by atoms with van der Waals surface area (Å²) in [5, 5.41) is 8.39. The Morgan fingerprint density at radius 3 is 2.46 bits per heavy atom. The number of piperazine rings is 1. The minimum atomic E-state index is 0. The number of nitrogens with zero attached hydrogens (tertiary/aromatic N) is 4. The number of benzene rings is 1. The molecule has 152 valence electrons. The molecular formula is C20H27ClN4O2S. The number of aromatic nitrogens is 2. The predicted octanol–water partition coefficient (Wildman–Crippen LogP) is 3.76. The average molecular weight is 423 g/mol. The molecule has 0 atom stereocenters. The van der Waals surface area contributed by atoms with E-state index in [1.54, 1.807) is 11.8 Å². The second kappa shape index (κ2) is 11.1. The molecule has 0 radical (unpaired) electrons. The number of amides is 1. The molecule has 28 heavy (non-hydrogen) atoms. The molecule has 0 bridgehead atoms. The van der Waals surface area contributed by atoms with Crippen LogP contribution in [0.25, 0.3) is 0 Å². The first-order valence-electron chi connectivity index (χ1n) is 9.45. The first kappa shape index (κ1) is 22.3. The van der Waals surface area contributed by atoms with Crippen LogP contribution >= 0.6 is 24.2 Å². The van der Waals surface area contributed by atoms with Crippen molar-refractivity contribution in [3.8, 4) is 5.88 Å². The number of carbonyl (C=O) groups excluding carboxylic acids is 1. The van der Waals surface area contributed by atoms with Gasteiger partial charge in [0, 0.05) is 37.1 Å². The summed E-state index contributed by atoms with van der Waals surface area (Å²) in [6, 6.07) is 11.7. The molecule has 1 aromatic carbocycles. The maximum atomic E-state index is 12.9. The highest BCUT2D eigenvalue weighted by Crippen LogP contribution is 2.24. The lowest BCUT2D eigenvalue weighted by Crippen LogP contribution is -2.49. The van der Waals surface area contributed by atoms with Gasteiger partial charge in [-0.05, 0) is 30.4 Å². The standard InChI is InChI=1S/C20H26N4O2S.ClH/c1-3-15-26-19-10-9-18(21-22-19)23-11-13-24(14-12-23)20(25)16-7-5-6-8-17(16)27-4-2;/h5-10H,3-4,11-15H2,1-2H3;1H. The van der Waals surface area contributed by atoms with E-state index in [-0.39, 0.29) is 18.3 Å². The Hall–Kier alpha value is -1.99. The topological polar surface area (TPSA) is 58.6 Å². The average Bonchev–Trinajstić information content (AvgIpc) is 2.73. The molecule has 0 unspecified atom stereocenters. The quantitative estimate of drug-likeness (QED) is 0.633. The number of rotatable bonds is 7. The normalized spacial score (nSPS) is 13.8. The van der Waals surface area contributed by atoms with Crippen molar-refractivity contribution in [3.05, 3.63) is 42.0 Å². The van der Waals surface area contributed by atoms with E-state index < -0.39 is 0 Å². The molecule has 8 heteroatoms. The van der Waals surface area contributed by atoms with E-state index in [4.69, 9.17) is 4.74 Å². The van der Waals surface area contributed by atoms with E-state index in [9.17, 15) is 4.79 Å². The second-order valence-corrected chi connectivity index (χ2v) is 7.59. The predicted molar refractivity (Wildman–Crippen MR) is 116 cm³/mol. The van der Waals surface area contributed by atoms with Crippen molar-refractivity contribution in [1.29, 1.82) is 0 Å². The summed E-state index contributed by atoms with van der Waals surface area (Å²) >= 11 is 1.71. The molecule has 6 nitrogen and oxygen atoms in total. The molecule has 0 N–H and O–H groups in total. The molecule has 1 saturated heterocycles. The van der Waals surface area contributed by atoms with Crippen molar-refractivity contribution in [1.82, 2.24) is 15.1 Å². The summed E-state index contributed by atoms with van der Waals surface area (Å²) in [5.41, 5.74) is 0.801. The van der Waals surface area contributed by atoms with Crippen LogP contribution in [0.5, 0.6) is 5.88 Å². The van der Waals surface area contributed by atoms with Crippen LogP contribution in [0.3, 0.4) is 0 Å². The number of halogens is 1. The molecule has 2 heterocycles. The third-order valence-electron chi connectivity index (χ3n) is 4.39. The van der Waals surface area contributed by atoms with Gasteiger partial charge in [-0.1, -0.05) is 26.0 Å². The number of ether oxygens (including phenoxy) is 1. The molecule has 0 saturated carbocycles. The van der Waals surface area contributed by atoms with Crippen LogP contribution in [-0.4, -0.2) is 59.5 Å². The van der Waals surface area contributed by atoms with Crippen molar-refractivity contribution in [2.75, 3.05) is 43.4 Å². The van der Waals surface area contributed by atoms with Crippen LogP contribution in [-0.2, 0) is 0 Å². The third-order valence-corrected chi connectivity index (χ3v) is 5.34. The maximum absolute atomic E-state index is 12.9. The van der Waals surface area contributed by atoms with Gasteiger partial charge in [0.15, 0.2) is 5.82 Å². The van der Waals surface area contributed by atoms with E-state index in [0.29, 0.717) is 25.6 Å². The Bertz CT molecular complexity index is 752. The van der Waals surface area contributed by atoms with Crippen LogP contribution in [0.1, 0.15) is 30.6 Å². The zero-order valence-electron chi connectivity index (χ0n) is 16.3. The molecule has 2 aromatic rings. The number of hydrogen-bond donors (Lipinski definition) is 0. The van der Waals surface area contributed by atoms with Gasteiger partial charge in [-0.15, -0.1) is 34.4 Å². The number of thioether (sulfide) groups is 1. The lowest BCUT2D eigenvalue weighted by atomic mass is 10.2. The Kier molecular flexibility index (Phi) is 8.86. The zero-order valence-corrected chi connectivity index (χ0v) is 18.0. The van der Waals surface area contributed by atoms with Crippen molar-refractivity contribution in [2.45, 2.75) is 25.2 Å². The van der Waals surface area contributed by atoms with Crippen LogP contribution in [0.4, 0.5) is 5.82 Å². The molecule has 1 aliphatic rings. The highest BCUT2D eigenvalue weighted by atomic mass is 35.5. The Balaban J connectivity index is 0.00000280. The summed E-state index contributed by atoms with van der Waals surface area (Å²) in [6.07, 6.45) is 0.944. The van der Waals surface area contributed by atoms with E-state index in [0.717, 1.165) is 41.5 Å². The van der Waals surface area contributed by atoms with Gasteiger partial charge < -0.3 is 14.5 Å². The molecule has 1 amide bonds. The minimum absolute atomic E-state index is 0. The van der Waals surface area contributed by atoms with Gasteiger partial charge in [-0.3, -0.25) is 4.79 Å². The van der Waals surface area contributed by atoms with Gasteiger partial charge in [0.05, 0.1) is 12.2 Å². The molecule has 1 aliphatic heterocycles. The van der Waals surface area contributed by atoms with Crippen molar-refractivity contribution >= 4 is 35.9 Å². The summed E-state index contributed by atoms with van der Waals surface area (Å²) in [6.45, 7) is 7.66. The van der Waals surface area contributed by atoms with E-state index in [1.165, 1.54) is 0 Å². The first-order valence-corrected chi connectivity index (χ1v) is 10.4. The number of carbonyl (C=O) groups is 1. The highest BCUT2D eigenvalue weighted by molar-refractivity contribution is 7.99. The van der Waals surface area contributed by atoms with Crippen molar-refractivity contribution in [3.63, 3.8) is 0 Å². The smallest absolute Gasteiger partial charge is 0.255 e. The SMILES string of the molecule is CCCOc1ccc(N2CCN(C(=O)c3ccccc3SCC)CC2)nn1.Cl. The molecular weight excluding hydrogens is 396 g/mol. The van der Waals surface area contributed by atoms with Gasteiger partial charge in [0.25, 0.3) is 5.91 Å². The van der Waals surface area contributed by atoms with E-state index >= 15 is 0 Å². The molecule has 3 rings (SSSR count). The van der Waals surface area contributed by atoms with Crippen molar-refractivity contribution < 1.29 is 9.53 Å². The molecule has 1 aromatic heterocycles. The maximum Gasteiger partial charge on any atom is 0.255 e. The fraction of sp³-hybridized carbons (Fsp3) is 0.450. The Morgan fingerprint density at radius 2 is 1.82 bits per heavy atom. The lowest BCUT2D eigenvalue weighted by molar-refractivity contribution is 0.0743. The van der Waals surface area contributed by atoms with E-state index in [2.05, 4.69) is 28.9 Å². The summed E-state index contributed by atoms with van der Waals surface area (Å²) in [4.78, 5) is 18.1. The van der Waals surface area contributed by atoms with Crippen LogP contribution < -0.4 is 9.64 Å². The summed E-state index contributed by atoms with van der Waals surface area (Å²) in [5.74, 6) is 2.45. The first-order chi connectivity index (χ1) is 13.2. The fourth-order valence-electron chi connectivity index (χ4n) is 3.00. The van der Waals surface area contributed by atoms with Crippen LogP contribution in [0.15, 0.2) is 41.3 Å². The molecule has 0 aliphatic carbocycles. The zero-order chi connectivity index (χ0) is 19.1. The summed E-state index contributed by atoms with van der Waals surface area (Å²) < 4.78 is 5.48. The largest absolute Gasteiger partial charge is 0.477 e. The number of hydrogen-bond acceptors (Lipinski definition) is 6. The Morgan fingerprint density at radius 1 is 1.07 bits per heavy atom. The van der Waals surface area contributed by atoms with Crippen LogP contribution in [0, 0.1) is 0 Å². The summed E-state index contributed by atoms with van der Waals surface area (Å²) in [7, 11) is 0. The monoisotopic (exact) mass is 422 g/mol. The highest BCUT2D eigenvalue weighted by Gasteiger charge is 2.24. The van der Waals surface area contributed by atoms with Gasteiger partial charge >= 0.3 is 0 Å². The number of anilines is 1. The van der Waals surface area contributed by atoms with Gasteiger partial charge in [-0.2, -0.15) is 0 Å².